The van der Waals surface area contributed by atoms with Crippen molar-refractivity contribution in [1.82, 2.24) is 10.2 Å². The molecule has 25 heavy (non-hydrogen) atoms. The third-order valence-corrected chi connectivity index (χ3v) is 3.91. The van der Waals surface area contributed by atoms with Crippen molar-refractivity contribution in [2.75, 3.05) is 20.2 Å². The van der Waals surface area contributed by atoms with Crippen LogP contribution in [0.2, 0.25) is 0 Å². The molecule has 132 valence electrons. The number of benzene rings is 2. The van der Waals surface area contributed by atoms with Crippen LogP contribution in [0, 0.1) is 0 Å². The van der Waals surface area contributed by atoms with E-state index in [2.05, 4.69) is 5.32 Å². The molecule has 0 fully saturated rings. The lowest BCUT2D eigenvalue weighted by Gasteiger charge is -2.21. The number of rotatable bonds is 8. The van der Waals surface area contributed by atoms with Gasteiger partial charge in [-0.05, 0) is 18.1 Å². The van der Waals surface area contributed by atoms with Crippen molar-refractivity contribution in [1.29, 1.82) is 0 Å². The Morgan fingerprint density at radius 2 is 1.72 bits per heavy atom. The summed E-state index contributed by atoms with van der Waals surface area (Å²) in [6, 6.07) is 17.4. The Morgan fingerprint density at radius 1 is 1.04 bits per heavy atom. The molecule has 2 rings (SSSR count). The minimum absolute atomic E-state index is 0.0299. The highest BCUT2D eigenvalue weighted by molar-refractivity contribution is 5.83. The molecule has 2 aromatic rings. The summed E-state index contributed by atoms with van der Waals surface area (Å²) in [7, 11) is 1.59. The zero-order valence-corrected chi connectivity index (χ0v) is 14.7. The van der Waals surface area contributed by atoms with Crippen molar-refractivity contribution in [3.63, 3.8) is 0 Å². The Balaban J connectivity index is 1.88. The van der Waals surface area contributed by atoms with Crippen molar-refractivity contribution < 1.29 is 14.3 Å². The van der Waals surface area contributed by atoms with Crippen LogP contribution < -0.4 is 10.1 Å². The minimum Gasteiger partial charge on any atom is -0.496 e. The Hall–Kier alpha value is -2.82. The highest BCUT2D eigenvalue weighted by Gasteiger charge is 2.15. The molecule has 0 radical (unpaired) electrons. The number of amides is 2. The molecule has 2 amide bonds. The van der Waals surface area contributed by atoms with E-state index in [4.69, 9.17) is 4.74 Å². The Bertz CT molecular complexity index is 701. The minimum atomic E-state index is -0.166. The number of para-hydroxylation sites is 1. The maximum absolute atomic E-state index is 12.2. The summed E-state index contributed by atoms with van der Waals surface area (Å²) in [5.41, 5.74) is 2.04. The van der Waals surface area contributed by atoms with E-state index >= 15 is 0 Å². The lowest BCUT2D eigenvalue weighted by molar-refractivity contribution is -0.134. The summed E-state index contributed by atoms with van der Waals surface area (Å²) in [4.78, 5) is 25.5. The molecule has 0 aliphatic carbocycles. The fraction of sp³-hybridized carbons (Fsp3) is 0.300. The average molecular weight is 340 g/mol. The van der Waals surface area contributed by atoms with E-state index in [1.807, 2.05) is 54.6 Å². The molecule has 0 atom stereocenters. The van der Waals surface area contributed by atoms with E-state index in [0.717, 1.165) is 12.0 Å². The van der Waals surface area contributed by atoms with Gasteiger partial charge < -0.3 is 15.0 Å². The van der Waals surface area contributed by atoms with Crippen molar-refractivity contribution in [3.05, 3.63) is 65.7 Å². The van der Waals surface area contributed by atoms with Gasteiger partial charge in [-0.2, -0.15) is 0 Å². The molecule has 0 aliphatic rings. The maximum Gasteiger partial charge on any atom is 0.239 e. The number of hydrogen-bond acceptors (Lipinski definition) is 3. The van der Waals surface area contributed by atoms with Crippen molar-refractivity contribution in [3.8, 4) is 5.75 Å². The van der Waals surface area contributed by atoms with Gasteiger partial charge in [0.25, 0.3) is 0 Å². The molecular weight excluding hydrogens is 316 g/mol. The van der Waals surface area contributed by atoms with E-state index < -0.39 is 0 Å². The quantitative estimate of drug-likeness (QED) is 0.803. The SMILES string of the molecule is COc1ccccc1CN(CC(=O)NCCc1ccccc1)C(C)=O. The number of carbonyl (C=O) groups is 2. The first-order valence-electron chi connectivity index (χ1n) is 8.28. The van der Waals surface area contributed by atoms with Gasteiger partial charge in [-0.15, -0.1) is 0 Å². The molecular formula is C20H24N2O3. The predicted molar refractivity (Wildman–Crippen MR) is 97.2 cm³/mol. The standard InChI is InChI=1S/C20H24N2O3/c1-16(23)22(14-18-10-6-7-11-19(18)25-2)15-20(24)21-13-12-17-8-4-3-5-9-17/h3-11H,12-15H2,1-2H3,(H,21,24). The molecule has 0 saturated carbocycles. The van der Waals surface area contributed by atoms with Gasteiger partial charge in [-0.1, -0.05) is 48.5 Å². The molecule has 0 saturated heterocycles. The monoisotopic (exact) mass is 340 g/mol. The van der Waals surface area contributed by atoms with E-state index in [0.29, 0.717) is 18.8 Å². The second-order valence-electron chi connectivity index (χ2n) is 5.77. The summed E-state index contributed by atoms with van der Waals surface area (Å²) in [5.74, 6) is 0.392. The third kappa shape index (κ3) is 5.95. The third-order valence-electron chi connectivity index (χ3n) is 3.91. The number of carbonyl (C=O) groups excluding carboxylic acids is 2. The van der Waals surface area contributed by atoms with Crippen LogP contribution in [0.5, 0.6) is 5.75 Å². The van der Waals surface area contributed by atoms with Gasteiger partial charge in [0.05, 0.1) is 13.7 Å². The molecule has 0 spiro atoms. The van der Waals surface area contributed by atoms with Crippen LogP contribution in [0.3, 0.4) is 0 Å². The van der Waals surface area contributed by atoms with Crippen LogP contribution in [0.25, 0.3) is 0 Å². The fourth-order valence-corrected chi connectivity index (χ4v) is 2.54. The second kappa shape index (κ2) is 9.47. The summed E-state index contributed by atoms with van der Waals surface area (Å²) in [5, 5.41) is 2.87. The Labute approximate surface area is 148 Å². The Kier molecular flexibility index (Phi) is 7.01. The zero-order valence-electron chi connectivity index (χ0n) is 14.7. The van der Waals surface area contributed by atoms with Crippen LogP contribution in [-0.4, -0.2) is 36.9 Å². The molecule has 1 N–H and O–H groups in total. The second-order valence-corrected chi connectivity index (χ2v) is 5.77. The normalized spacial score (nSPS) is 10.2. The van der Waals surface area contributed by atoms with Gasteiger partial charge >= 0.3 is 0 Å². The predicted octanol–water partition coefficient (Wildman–Crippen LogP) is 2.40. The first-order chi connectivity index (χ1) is 12.1. The summed E-state index contributed by atoms with van der Waals surface area (Å²) >= 11 is 0. The van der Waals surface area contributed by atoms with E-state index in [1.54, 1.807) is 7.11 Å². The molecule has 0 aliphatic heterocycles. The van der Waals surface area contributed by atoms with Crippen molar-refractivity contribution in [2.24, 2.45) is 0 Å². The van der Waals surface area contributed by atoms with Crippen LogP contribution in [0.15, 0.2) is 54.6 Å². The summed E-state index contributed by atoms with van der Waals surface area (Å²) in [6.07, 6.45) is 0.763. The van der Waals surface area contributed by atoms with Crippen molar-refractivity contribution >= 4 is 11.8 Å². The van der Waals surface area contributed by atoms with Crippen molar-refractivity contribution in [2.45, 2.75) is 19.9 Å². The number of ether oxygens (including phenoxy) is 1. The molecule has 0 aromatic heterocycles. The van der Waals surface area contributed by atoms with Gasteiger partial charge in [0, 0.05) is 25.6 Å². The van der Waals surface area contributed by atoms with Crippen LogP contribution in [0.4, 0.5) is 0 Å². The number of nitrogens with zero attached hydrogens (tertiary/aromatic N) is 1. The molecule has 0 heterocycles. The summed E-state index contributed by atoms with van der Waals surface area (Å²) in [6.45, 7) is 2.38. The molecule has 0 unspecified atom stereocenters. The molecule has 0 bridgehead atoms. The largest absolute Gasteiger partial charge is 0.496 e. The highest BCUT2D eigenvalue weighted by Crippen LogP contribution is 2.19. The molecule has 2 aromatic carbocycles. The number of hydrogen-bond donors (Lipinski definition) is 1. The fourth-order valence-electron chi connectivity index (χ4n) is 2.54. The lowest BCUT2D eigenvalue weighted by atomic mass is 10.1. The highest BCUT2D eigenvalue weighted by atomic mass is 16.5. The topological polar surface area (TPSA) is 58.6 Å². The molecule has 5 heteroatoms. The Morgan fingerprint density at radius 3 is 2.40 bits per heavy atom. The van der Waals surface area contributed by atoms with Gasteiger partial charge in [0.15, 0.2) is 0 Å². The van der Waals surface area contributed by atoms with Gasteiger partial charge in [-0.3, -0.25) is 9.59 Å². The number of methoxy groups -OCH3 is 1. The van der Waals surface area contributed by atoms with Crippen LogP contribution in [-0.2, 0) is 22.6 Å². The zero-order chi connectivity index (χ0) is 18.1. The smallest absolute Gasteiger partial charge is 0.239 e. The van der Waals surface area contributed by atoms with Crippen LogP contribution >= 0.6 is 0 Å². The first kappa shape index (κ1) is 18.5. The number of nitrogens with one attached hydrogen (secondary N) is 1. The van der Waals surface area contributed by atoms with Gasteiger partial charge in [-0.25, -0.2) is 0 Å². The average Bonchev–Trinajstić information content (AvgIpc) is 2.62. The molecule has 5 nitrogen and oxygen atoms in total. The first-order valence-corrected chi connectivity index (χ1v) is 8.28. The summed E-state index contributed by atoms with van der Waals surface area (Å²) < 4.78 is 5.31. The van der Waals surface area contributed by atoms with E-state index in [9.17, 15) is 9.59 Å². The van der Waals surface area contributed by atoms with Gasteiger partial charge in [0.2, 0.25) is 11.8 Å². The van der Waals surface area contributed by atoms with E-state index in [-0.39, 0.29) is 18.4 Å². The lowest BCUT2D eigenvalue weighted by Crippen LogP contribution is -2.40. The van der Waals surface area contributed by atoms with E-state index in [1.165, 1.54) is 17.4 Å². The van der Waals surface area contributed by atoms with Gasteiger partial charge in [0.1, 0.15) is 5.75 Å². The maximum atomic E-state index is 12.2. The van der Waals surface area contributed by atoms with Crippen LogP contribution in [0.1, 0.15) is 18.1 Å².